The molecule has 0 fully saturated rings. The molecule has 8 heteroatoms. The van der Waals surface area contributed by atoms with Gasteiger partial charge in [0.25, 0.3) is 5.75 Å². The molecule has 0 heterocycles. The molecule has 0 bridgehead atoms. The van der Waals surface area contributed by atoms with Gasteiger partial charge in [0, 0.05) is 12.1 Å². The minimum Gasteiger partial charge on any atom is -0.497 e. The first-order chi connectivity index (χ1) is 10.4. The second kappa shape index (κ2) is 6.08. The van der Waals surface area contributed by atoms with Crippen molar-refractivity contribution in [1.82, 2.24) is 0 Å². The summed E-state index contributed by atoms with van der Waals surface area (Å²) in [5.41, 5.74) is -0.509. The molecule has 0 radical (unpaired) electrons. The molecular formula is C14H12N2O6. The zero-order chi connectivity index (χ0) is 16.3. The van der Waals surface area contributed by atoms with Crippen LogP contribution in [0.5, 0.6) is 17.2 Å². The summed E-state index contributed by atoms with van der Waals surface area (Å²) >= 11 is 0. The van der Waals surface area contributed by atoms with Crippen molar-refractivity contribution in [1.29, 1.82) is 0 Å². The molecule has 0 amide bonds. The Morgan fingerprint density at radius 2 is 1.36 bits per heavy atom. The van der Waals surface area contributed by atoms with Gasteiger partial charge in [0.2, 0.25) is 0 Å². The predicted octanol–water partition coefficient (Wildman–Crippen LogP) is 3.61. The fourth-order valence-electron chi connectivity index (χ4n) is 1.87. The molecule has 0 aliphatic heterocycles. The summed E-state index contributed by atoms with van der Waals surface area (Å²) in [5, 5.41) is 22.2. The summed E-state index contributed by atoms with van der Waals surface area (Å²) < 4.78 is 10.4. The molecule has 0 N–H and O–H groups in total. The van der Waals surface area contributed by atoms with Crippen LogP contribution in [0.2, 0.25) is 0 Å². The average molecular weight is 304 g/mol. The molecule has 0 saturated heterocycles. The number of aryl methyl sites for hydroxylation is 1. The lowest BCUT2D eigenvalue weighted by Crippen LogP contribution is -1.99. The quantitative estimate of drug-likeness (QED) is 0.617. The molecule has 0 spiro atoms. The van der Waals surface area contributed by atoms with Crippen LogP contribution in [0.4, 0.5) is 11.4 Å². The van der Waals surface area contributed by atoms with Gasteiger partial charge in [-0.1, -0.05) is 0 Å². The Balaban J connectivity index is 2.51. The van der Waals surface area contributed by atoms with Crippen LogP contribution >= 0.6 is 0 Å². The van der Waals surface area contributed by atoms with Crippen molar-refractivity contribution in [3.05, 3.63) is 62.2 Å². The molecule has 2 rings (SSSR count). The van der Waals surface area contributed by atoms with Crippen LogP contribution in [0.3, 0.4) is 0 Å². The maximum atomic E-state index is 11.1. The molecule has 0 unspecified atom stereocenters. The first-order valence-corrected chi connectivity index (χ1v) is 6.17. The van der Waals surface area contributed by atoms with Crippen LogP contribution in [0, 0.1) is 27.2 Å². The predicted molar refractivity (Wildman–Crippen MR) is 77.6 cm³/mol. The van der Waals surface area contributed by atoms with Gasteiger partial charge in [-0.15, -0.1) is 0 Å². The number of nitro benzene ring substituents is 2. The van der Waals surface area contributed by atoms with Crippen molar-refractivity contribution in [2.24, 2.45) is 0 Å². The number of ether oxygens (including phenoxy) is 2. The van der Waals surface area contributed by atoms with Crippen molar-refractivity contribution in [2.75, 3.05) is 7.11 Å². The Kier molecular flexibility index (Phi) is 4.21. The highest BCUT2D eigenvalue weighted by molar-refractivity contribution is 5.63. The van der Waals surface area contributed by atoms with E-state index in [2.05, 4.69) is 0 Å². The maximum Gasteiger partial charge on any atom is 0.319 e. The molecule has 0 aromatic heterocycles. The summed E-state index contributed by atoms with van der Waals surface area (Å²) in [5.74, 6) is 0.405. The first kappa shape index (κ1) is 15.2. The van der Waals surface area contributed by atoms with E-state index in [1.807, 2.05) is 0 Å². The molecule has 114 valence electrons. The minimum atomic E-state index is -0.709. The molecule has 2 aromatic carbocycles. The lowest BCUT2D eigenvalue weighted by atomic mass is 10.1. The largest absolute Gasteiger partial charge is 0.497 e. The monoisotopic (exact) mass is 304 g/mol. The Hall–Kier alpha value is -3.16. The Bertz CT molecular complexity index is 692. The van der Waals surface area contributed by atoms with Crippen LogP contribution in [-0.2, 0) is 0 Å². The van der Waals surface area contributed by atoms with Crippen molar-refractivity contribution in [2.45, 2.75) is 6.92 Å². The summed E-state index contributed by atoms with van der Waals surface area (Å²) in [6, 6.07) is 8.64. The summed E-state index contributed by atoms with van der Waals surface area (Å²) in [7, 11) is 1.49. The third-order valence-electron chi connectivity index (χ3n) is 2.87. The van der Waals surface area contributed by atoms with Crippen molar-refractivity contribution in [3.8, 4) is 17.2 Å². The van der Waals surface area contributed by atoms with Gasteiger partial charge < -0.3 is 9.47 Å². The summed E-state index contributed by atoms with van der Waals surface area (Å²) in [6.45, 7) is 1.54. The fourth-order valence-corrected chi connectivity index (χ4v) is 1.87. The SMILES string of the molecule is COc1ccc(Oc2c([N+](=O)[O-])cc(C)cc2[N+](=O)[O-])cc1. The molecule has 0 saturated carbocycles. The van der Waals surface area contributed by atoms with Gasteiger partial charge in [0.05, 0.1) is 17.0 Å². The Labute approximate surface area is 125 Å². The third kappa shape index (κ3) is 3.11. The minimum absolute atomic E-state index is 0.232. The van der Waals surface area contributed by atoms with Gasteiger partial charge in [0.15, 0.2) is 0 Å². The van der Waals surface area contributed by atoms with E-state index in [-0.39, 0.29) is 5.75 Å². The maximum absolute atomic E-state index is 11.1. The van der Waals surface area contributed by atoms with E-state index in [9.17, 15) is 20.2 Å². The number of rotatable bonds is 5. The van der Waals surface area contributed by atoms with Crippen molar-refractivity contribution >= 4 is 11.4 Å². The van der Waals surface area contributed by atoms with Crippen LogP contribution in [0.15, 0.2) is 36.4 Å². The van der Waals surface area contributed by atoms with Gasteiger partial charge in [0.1, 0.15) is 11.5 Å². The summed E-state index contributed by atoms with van der Waals surface area (Å²) in [6.07, 6.45) is 0. The van der Waals surface area contributed by atoms with Crippen LogP contribution in [-0.4, -0.2) is 17.0 Å². The second-order valence-electron chi connectivity index (χ2n) is 4.42. The number of methoxy groups -OCH3 is 1. The van der Waals surface area contributed by atoms with E-state index in [0.29, 0.717) is 11.3 Å². The highest BCUT2D eigenvalue weighted by Gasteiger charge is 2.28. The lowest BCUT2D eigenvalue weighted by Gasteiger charge is -2.08. The van der Waals surface area contributed by atoms with E-state index in [4.69, 9.17) is 9.47 Å². The third-order valence-corrected chi connectivity index (χ3v) is 2.87. The lowest BCUT2D eigenvalue weighted by molar-refractivity contribution is -0.395. The van der Waals surface area contributed by atoms with E-state index in [0.717, 1.165) is 0 Å². The molecule has 0 atom stereocenters. The van der Waals surface area contributed by atoms with Gasteiger partial charge in [-0.05, 0) is 36.8 Å². The Morgan fingerprint density at radius 1 is 0.909 bits per heavy atom. The number of hydrogen-bond acceptors (Lipinski definition) is 6. The molecule has 8 nitrogen and oxygen atoms in total. The van der Waals surface area contributed by atoms with Crippen molar-refractivity contribution in [3.63, 3.8) is 0 Å². The molecule has 22 heavy (non-hydrogen) atoms. The second-order valence-corrected chi connectivity index (χ2v) is 4.42. The van der Waals surface area contributed by atoms with E-state index in [1.165, 1.54) is 38.3 Å². The zero-order valence-electron chi connectivity index (χ0n) is 11.8. The molecular weight excluding hydrogens is 292 g/mol. The topological polar surface area (TPSA) is 105 Å². The zero-order valence-corrected chi connectivity index (χ0v) is 11.8. The Morgan fingerprint density at radius 3 is 1.77 bits per heavy atom. The number of hydrogen-bond donors (Lipinski definition) is 0. The summed E-state index contributed by atoms with van der Waals surface area (Å²) in [4.78, 5) is 20.8. The first-order valence-electron chi connectivity index (χ1n) is 6.17. The van der Waals surface area contributed by atoms with Crippen LogP contribution < -0.4 is 9.47 Å². The normalized spacial score (nSPS) is 10.1. The average Bonchev–Trinajstić information content (AvgIpc) is 2.48. The van der Waals surface area contributed by atoms with Gasteiger partial charge >= 0.3 is 11.4 Å². The highest BCUT2D eigenvalue weighted by atomic mass is 16.6. The van der Waals surface area contributed by atoms with E-state index >= 15 is 0 Å². The smallest absolute Gasteiger partial charge is 0.319 e. The standard InChI is InChI=1S/C14H12N2O6/c1-9-7-12(15(17)18)14(13(8-9)16(19)20)22-11-5-3-10(21-2)4-6-11/h3-8H,1-2H3. The number of nitrogens with zero attached hydrogens (tertiary/aromatic N) is 2. The van der Waals surface area contributed by atoms with Gasteiger partial charge in [-0.25, -0.2) is 0 Å². The molecule has 2 aromatic rings. The number of benzene rings is 2. The molecule has 0 aliphatic carbocycles. The van der Waals surface area contributed by atoms with Crippen LogP contribution in [0.25, 0.3) is 0 Å². The fraction of sp³-hybridized carbons (Fsp3) is 0.143. The highest BCUT2D eigenvalue weighted by Crippen LogP contribution is 2.40. The molecule has 0 aliphatic rings. The van der Waals surface area contributed by atoms with Crippen LogP contribution in [0.1, 0.15) is 5.56 Å². The number of nitro groups is 2. The van der Waals surface area contributed by atoms with Crippen molar-refractivity contribution < 1.29 is 19.3 Å². The van der Waals surface area contributed by atoms with Gasteiger partial charge in [-0.2, -0.15) is 0 Å². The van der Waals surface area contributed by atoms with Gasteiger partial charge in [-0.3, -0.25) is 20.2 Å². The van der Waals surface area contributed by atoms with E-state index < -0.39 is 27.0 Å². The van der Waals surface area contributed by atoms with E-state index in [1.54, 1.807) is 12.1 Å².